The Morgan fingerprint density at radius 3 is 1.36 bits per heavy atom. The maximum atomic E-state index is 2.33. The maximum absolute atomic E-state index is 2.33. The quantitative estimate of drug-likeness (QED) is 0.605. The molecule has 0 saturated carbocycles. The van der Waals surface area contributed by atoms with Crippen LogP contribution in [0.4, 0.5) is 0 Å². The first-order valence-electron chi connectivity index (χ1n) is 8.68. The molecule has 0 aliphatic heterocycles. The molecule has 0 spiro atoms. The van der Waals surface area contributed by atoms with Gasteiger partial charge in [-0.3, -0.25) is 0 Å². The van der Waals surface area contributed by atoms with E-state index >= 15 is 0 Å². The van der Waals surface area contributed by atoms with E-state index in [0.29, 0.717) is 0 Å². The lowest BCUT2D eigenvalue weighted by atomic mass is 10.1. The zero-order chi connectivity index (χ0) is 15.7. The van der Waals surface area contributed by atoms with Gasteiger partial charge in [-0.15, -0.1) is 0 Å². The van der Waals surface area contributed by atoms with Gasteiger partial charge in [0.2, 0.25) is 0 Å². The monoisotopic (exact) mass is 292 g/mol. The number of benzene rings is 2. The summed E-state index contributed by atoms with van der Waals surface area (Å²) in [6.45, 7) is 9.00. The zero-order valence-electron chi connectivity index (χ0n) is 14.4. The highest BCUT2D eigenvalue weighted by Gasteiger charge is 2.17. The molecule has 0 aromatic heterocycles. The molecule has 0 amide bonds. The van der Waals surface area contributed by atoms with Crippen molar-refractivity contribution in [3.8, 4) is 0 Å². The average Bonchev–Trinajstić information content (AvgIpc) is 2.99. The molecule has 2 atom stereocenters. The minimum Gasteiger partial charge on any atom is -0.0619 e. The Bertz CT molecular complexity index is 606. The minimum atomic E-state index is 0.867. The van der Waals surface area contributed by atoms with E-state index in [2.05, 4.69) is 64.1 Å². The second-order valence-electron chi connectivity index (χ2n) is 7.57. The zero-order valence-corrected chi connectivity index (χ0v) is 14.4. The second kappa shape index (κ2) is 6.28. The molecule has 4 rings (SSSR count). The predicted molar refractivity (Wildman–Crippen MR) is 95.5 cm³/mol. The van der Waals surface area contributed by atoms with Gasteiger partial charge in [0.25, 0.3) is 0 Å². The van der Waals surface area contributed by atoms with Crippen LogP contribution < -0.4 is 0 Å². The summed E-state index contributed by atoms with van der Waals surface area (Å²) in [5, 5.41) is 0. The lowest BCUT2D eigenvalue weighted by Gasteiger charge is -1.98. The summed E-state index contributed by atoms with van der Waals surface area (Å²) in [5.41, 5.74) is 9.11. The van der Waals surface area contributed by atoms with Gasteiger partial charge in [-0.25, -0.2) is 0 Å². The Hall–Kier alpha value is -1.56. The fraction of sp³-hybridized carbons (Fsp3) is 0.455. The van der Waals surface area contributed by atoms with Crippen molar-refractivity contribution >= 4 is 0 Å². The second-order valence-corrected chi connectivity index (χ2v) is 7.57. The van der Waals surface area contributed by atoms with Gasteiger partial charge in [0.05, 0.1) is 0 Å². The molecule has 2 aromatic carbocycles. The van der Waals surface area contributed by atoms with Gasteiger partial charge in [0.15, 0.2) is 0 Å². The molecule has 0 heteroatoms. The lowest BCUT2D eigenvalue weighted by molar-refractivity contribution is 0.627. The SMILES string of the molecule is Cc1ccc2c(c1)CC(C)C2.Cc1ccc2c(c1)CC(C)C2. The van der Waals surface area contributed by atoms with E-state index in [-0.39, 0.29) is 0 Å². The number of rotatable bonds is 0. The van der Waals surface area contributed by atoms with Crippen LogP contribution in [0.15, 0.2) is 36.4 Å². The predicted octanol–water partition coefficient (Wildman–Crippen LogP) is 5.46. The lowest BCUT2D eigenvalue weighted by Crippen LogP contribution is -1.89. The van der Waals surface area contributed by atoms with Crippen molar-refractivity contribution in [2.24, 2.45) is 11.8 Å². The molecule has 0 fully saturated rings. The van der Waals surface area contributed by atoms with Gasteiger partial charge in [0.1, 0.15) is 0 Å². The van der Waals surface area contributed by atoms with Crippen molar-refractivity contribution in [3.63, 3.8) is 0 Å². The van der Waals surface area contributed by atoms with E-state index < -0.39 is 0 Å². The van der Waals surface area contributed by atoms with E-state index in [1.807, 2.05) is 0 Å². The van der Waals surface area contributed by atoms with Gasteiger partial charge in [0, 0.05) is 0 Å². The summed E-state index contributed by atoms with van der Waals surface area (Å²) in [6, 6.07) is 13.7. The van der Waals surface area contributed by atoms with Crippen LogP contribution in [0.3, 0.4) is 0 Å². The molecular weight excluding hydrogens is 264 g/mol. The summed E-state index contributed by atoms with van der Waals surface area (Å²) in [5.74, 6) is 1.73. The van der Waals surface area contributed by atoms with E-state index in [1.54, 1.807) is 22.3 Å². The van der Waals surface area contributed by atoms with Crippen molar-refractivity contribution < 1.29 is 0 Å². The summed E-state index contributed by atoms with van der Waals surface area (Å²) in [4.78, 5) is 0. The van der Waals surface area contributed by atoms with Crippen LogP contribution in [-0.2, 0) is 25.7 Å². The first-order valence-corrected chi connectivity index (χ1v) is 8.68. The van der Waals surface area contributed by atoms with Crippen LogP contribution in [0.5, 0.6) is 0 Å². The van der Waals surface area contributed by atoms with Crippen molar-refractivity contribution in [1.82, 2.24) is 0 Å². The van der Waals surface area contributed by atoms with Gasteiger partial charge >= 0.3 is 0 Å². The molecule has 116 valence electrons. The highest BCUT2D eigenvalue weighted by molar-refractivity contribution is 5.36. The standard InChI is InChI=1S/2C11H14/c2*1-8-3-4-10-6-9(2)7-11(10)5-8/h2*3-5,9H,6-7H2,1-2H3. The van der Waals surface area contributed by atoms with Crippen LogP contribution >= 0.6 is 0 Å². The highest BCUT2D eigenvalue weighted by atomic mass is 14.2. The smallest absolute Gasteiger partial charge is 0.0247 e. The summed E-state index contributed by atoms with van der Waals surface area (Å²) >= 11 is 0. The van der Waals surface area contributed by atoms with Crippen LogP contribution in [-0.4, -0.2) is 0 Å². The fourth-order valence-corrected chi connectivity index (χ4v) is 3.93. The number of hydrogen-bond donors (Lipinski definition) is 0. The molecular formula is C22H28. The molecule has 0 radical (unpaired) electrons. The largest absolute Gasteiger partial charge is 0.0619 e. The maximum Gasteiger partial charge on any atom is -0.0247 e. The van der Waals surface area contributed by atoms with Gasteiger partial charge in [-0.2, -0.15) is 0 Å². The molecule has 0 saturated heterocycles. The van der Waals surface area contributed by atoms with Crippen molar-refractivity contribution in [3.05, 3.63) is 69.8 Å². The molecule has 22 heavy (non-hydrogen) atoms. The van der Waals surface area contributed by atoms with Gasteiger partial charge in [-0.05, 0) is 73.6 Å². The van der Waals surface area contributed by atoms with Gasteiger partial charge < -0.3 is 0 Å². The van der Waals surface area contributed by atoms with E-state index in [4.69, 9.17) is 0 Å². The van der Waals surface area contributed by atoms with Crippen LogP contribution in [0.2, 0.25) is 0 Å². The summed E-state index contributed by atoms with van der Waals surface area (Å²) < 4.78 is 0. The Balaban J connectivity index is 0.000000131. The Morgan fingerprint density at radius 1 is 0.591 bits per heavy atom. The molecule has 0 bridgehead atoms. The minimum absolute atomic E-state index is 0.867. The average molecular weight is 292 g/mol. The molecule has 2 aliphatic carbocycles. The van der Waals surface area contributed by atoms with Crippen LogP contribution in [0.1, 0.15) is 47.2 Å². The number of fused-ring (bicyclic) bond motifs is 2. The highest BCUT2D eigenvalue weighted by Crippen LogP contribution is 2.27. The Morgan fingerprint density at radius 2 is 0.955 bits per heavy atom. The third-order valence-electron chi connectivity index (χ3n) is 5.00. The topological polar surface area (TPSA) is 0 Å². The summed E-state index contributed by atoms with van der Waals surface area (Å²) in [6.07, 6.45) is 5.15. The van der Waals surface area contributed by atoms with Crippen molar-refractivity contribution in [2.75, 3.05) is 0 Å². The van der Waals surface area contributed by atoms with E-state index in [1.165, 1.54) is 36.8 Å². The van der Waals surface area contributed by atoms with Crippen molar-refractivity contribution in [2.45, 2.75) is 53.4 Å². The molecule has 2 aliphatic rings. The molecule has 0 N–H and O–H groups in total. The first-order chi connectivity index (χ1) is 10.5. The van der Waals surface area contributed by atoms with Crippen LogP contribution in [0, 0.1) is 25.7 Å². The third kappa shape index (κ3) is 3.43. The molecule has 2 aromatic rings. The Kier molecular flexibility index (Phi) is 4.38. The first kappa shape index (κ1) is 15.3. The summed E-state index contributed by atoms with van der Waals surface area (Å²) in [7, 11) is 0. The van der Waals surface area contributed by atoms with E-state index in [9.17, 15) is 0 Å². The van der Waals surface area contributed by atoms with Crippen LogP contribution in [0.25, 0.3) is 0 Å². The Labute approximate surface area is 135 Å². The van der Waals surface area contributed by atoms with Crippen molar-refractivity contribution in [1.29, 1.82) is 0 Å². The normalized spacial score (nSPS) is 21.8. The fourth-order valence-electron chi connectivity index (χ4n) is 3.93. The number of aryl methyl sites for hydroxylation is 2. The third-order valence-corrected chi connectivity index (χ3v) is 5.00. The van der Waals surface area contributed by atoms with Gasteiger partial charge in [-0.1, -0.05) is 61.4 Å². The number of hydrogen-bond acceptors (Lipinski definition) is 0. The molecule has 0 nitrogen and oxygen atoms in total. The molecule has 0 heterocycles. The van der Waals surface area contributed by atoms with E-state index in [0.717, 1.165) is 11.8 Å². The molecule has 2 unspecified atom stereocenters.